The van der Waals surface area contributed by atoms with E-state index in [0.717, 1.165) is 25.1 Å². The lowest BCUT2D eigenvalue weighted by Gasteiger charge is -2.25. The van der Waals surface area contributed by atoms with Gasteiger partial charge in [-0.1, -0.05) is 13.3 Å². The molecule has 0 atom stereocenters. The Morgan fingerprint density at radius 3 is 2.16 bits per heavy atom. The fourth-order valence-corrected chi connectivity index (χ4v) is 3.50. The number of nitrogens with one attached hydrogen (secondary N) is 2. The fraction of sp³-hybridized carbons (Fsp3) is 0.571. The second-order valence-electron chi connectivity index (χ2n) is 5.29. The summed E-state index contributed by atoms with van der Waals surface area (Å²) in [5.74, 6) is 0. The molecule has 0 aliphatic carbocycles. The van der Waals surface area contributed by atoms with E-state index in [1.54, 1.807) is 24.3 Å². The molecule has 0 aliphatic rings. The van der Waals surface area contributed by atoms with Gasteiger partial charge < -0.3 is 5.32 Å². The van der Waals surface area contributed by atoms with Crippen molar-refractivity contribution in [3.8, 4) is 0 Å². The minimum atomic E-state index is -3.45. The van der Waals surface area contributed by atoms with E-state index in [2.05, 4.69) is 10.0 Å². The van der Waals surface area contributed by atoms with Crippen molar-refractivity contribution >= 4 is 15.7 Å². The van der Waals surface area contributed by atoms with Gasteiger partial charge in [0.15, 0.2) is 0 Å². The fourth-order valence-electron chi connectivity index (χ4n) is 2.05. The molecule has 2 N–H and O–H groups in total. The summed E-state index contributed by atoms with van der Waals surface area (Å²) >= 11 is 0. The van der Waals surface area contributed by atoms with Gasteiger partial charge in [0.2, 0.25) is 10.0 Å². The first-order valence-electron chi connectivity index (χ1n) is 6.68. The molecule has 0 fully saturated rings. The highest BCUT2D eigenvalue weighted by molar-refractivity contribution is 7.89. The van der Waals surface area contributed by atoms with Gasteiger partial charge in [-0.2, -0.15) is 0 Å². The van der Waals surface area contributed by atoms with Gasteiger partial charge in [0.25, 0.3) is 0 Å². The molecule has 1 aromatic carbocycles. The molecule has 0 amide bonds. The zero-order valence-electron chi connectivity index (χ0n) is 12.2. The van der Waals surface area contributed by atoms with Gasteiger partial charge >= 0.3 is 0 Å². The molecule has 0 bridgehead atoms. The average molecular weight is 284 g/mol. The molecule has 108 valence electrons. The summed E-state index contributed by atoms with van der Waals surface area (Å²) in [5.41, 5.74) is 0.503. The van der Waals surface area contributed by atoms with Crippen LogP contribution in [0.1, 0.15) is 40.5 Å². The Morgan fingerprint density at radius 2 is 1.68 bits per heavy atom. The van der Waals surface area contributed by atoms with E-state index in [0.29, 0.717) is 4.90 Å². The van der Waals surface area contributed by atoms with Crippen LogP contribution in [0.3, 0.4) is 0 Å². The molecule has 4 nitrogen and oxygen atoms in total. The first kappa shape index (κ1) is 16.0. The van der Waals surface area contributed by atoms with Crippen LogP contribution in [-0.4, -0.2) is 20.5 Å². The minimum absolute atomic E-state index is 0.304. The molecule has 0 spiro atoms. The third-order valence-corrected chi connectivity index (χ3v) is 4.55. The number of anilines is 1. The van der Waals surface area contributed by atoms with E-state index < -0.39 is 15.6 Å². The third kappa shape index (κ3) is 4.84. The standard InChI is InChI=1S/C14H24N2O2S/c1-5-11-14(3,4)16-19(17,18)13-9-7-12(8-10-13)15-6-2/h7-10,15-16H,5-6,11H2,1-4H3. The predicted molar refractivity (Wildman–Crippen MR) is 79.9 cm³/mol. The number of rotatable bonds is 7. The highest BCUT2D eigenvalue weighted by Gasteiger charge is 2.25. The lowest BCUT2D eigenvalue weighted by Crippen LogP contribution is -2.43. The summed E-state index contributed by atoms with van der Waals surface area (Å²) in [6.45, 7) is 8.66. The molecule has 0 aliphatic heterocycles. The highest BCUT2D eigenvalue weighted by atomic mass is 32.2. The van der Waals surface area contributed by atoms with Crippen molar-refractivity contribution in [2.24, 2.45) is 0 Å². The van der Waals surface area contributed by atoms with Gasteiger partial charge in [-0.25, -0.2) is 13.1 Å². The summed E-state index contributed by atoms with van der Waals surface area (Å²) in [5, 5.41) is 3.14. The molecular formula is C14H24N2O2S. The molecule has 0 unspecified atom stereocenters. The van der Waals surface area contributed by atoms with Crippen molar-refractivity contribution in [1.29, 1.82) is 0 Å². The maximum absolute atomic E-state index is 12.3. The van der Waals surface area contributed by atoms with Crippen LogP contribution in [-0.2, 0) is 10.0 Å². The molecule has 19 heavy (non-hydrogen) atoms. The summed E-state index contributed by atoms with van der Waals surface area (Å²) in [6.07, 6.45) is 1.75. The molecule has 0 heterocycles. The molecule has 0 aromatic heterocycles. The number of benzene rings is 1. The second kappa shape index (κ2) is 6.39. The lowest BCUT2D eigenvalue weighted by atomic mass is 10.0. The van der Waals surface area contributed by atoms with Crippen molar-refractivity contribution < 1.29 is 8.42 Å². The Morgan fingerprint density at radius 1 is 1.11 bits per heavy atom. The quantitative estimate of drug-likeness (QED) is 0.809. The van der Waals surface area contributed by atoms with Gasteiger partial charge in [-0.15, -0.1) is 0 Å². The minimum Gasteiger partial charge on any atom is -0.385 e. The number of sulfonamides is 1. The molecule has 0 saturated carbocycles. The van der Waals surface area contributed by atoms with E-state index in [1.165, 1.54) is 0 Å². The zero-order chi connectivity index (χ0) is 14.5. The van der Waals surface area contributed by atoms with E-state index in [4.69, 9.17) is 0 Å². The maximum atomic E-state index is 12.3. The molecule has 5 heteroatoms. The normalized spacial score (nSPS) is 12.4. The molecule has 0 saturated heterocycles. The molecule has 1 aromatic rings. The summed E-state index contributed by atoms with van der Waals surface area (Å²) in [6, 6.07) is 6.82. The highest BCUT2D eigenvalue weighted by Crippen LogP contribution is 2.18. The van der Waals surface area contributed by atoms with Crippen LogP contribution in [0.2, 0.25) is 0 Å². The summed E-state index contributed by atoms with van der Waals surface area (Å²) < 4.78 is 27.3. The van der Waals surface area contributed by atoms with E-state index in [-0.39, 0.29) is 0 Å². The summed E-state index contributed by atoms with van der Waals surface area (Å²) in [7, 11) is -3.45. The maximum Gasteiger partial charge on any atom is 0.241 e. The van der Waals surface area contributed by atoms with Crippen LogP contribution in [0, 0.1) is 0 Å². The van der Waals surface area contributed by atoms with Gasteiger partial charge in [0.1, 0.15) is 0 Å². The van der Waals surface area contributed by atoms with Crippen molar-refractivity contribution in [3.63, 3.8) is 0 Å². The van der Waals surface area contributed by atoms with E-state index in [1.807, 2.05) is 27.7 Å². The second-order valence-corrected chi connectivity index (χ2v) is 6.98. The molecular weight excluding hydrogens is 260 g/mol. The number of hydrogen-bond acceptors (Lipinski definition) is 3. The van der Waals surface area contributed by atoms with Crippen molar-refractivity contribution in [2.45, 2.75) is 51.0 Å². The molecule has 0 radical (unpaired) electrons. The number of hydrogen-bond donors (Lipinski definition) is 2. The van der Waals surface area contributed by atoms with Crippen LogP contribution in [0.25, 0.3) is 0 Å². The zero-order valence-corrected chi connectivity index (χ0v) is 13.0. The Balaban J connectivity index is 2.88. The van der Waals surface area contributed by atoms with Gasteiger partial charge in [0, 0.05) is 17.8 Å². The van der Waals surface area contributed by atoms with Crippen LogP contribution < -0.4 is 10.0 Å². The first-order valence-corrected chi connectivity index (χ1v) is 8.17. The van der Waals surface area contributed by atoms with Crippen molar-refractivity contribution in [2.75, 3.05) is 11.9 Å². The van der Waals surface area contributed by atoms with Gasteiger partial charge in [-0.05, 0) is 51.5 Å². The van der Waals surface area contributed by atoms with Crippen LogP contribution in [0.5, 0.6) is 0 Å². The van der Waals surface area contributed by atoms with E-state index in [9.17, 15) is 8.42 Å². The summed E-state index contributed by atoms with van der Waals surface area (Å²) in [4.78, 5) is 0.304. The van der Waals surface area contributed by atoms with Crippen LogP contribution in [0.4, 0.5) is 5.69 Å². The topological polar surface area (TPSA) is 58.2 Å². The third-order valence-electron chi connectivity index (χ3n) is 2.83. The average Bonchev–Trinajstić information content (AvgIpc) is 2.28. The Bertz CT molecular complexity index is 493. The Kier molecular flexibility index (Phi) is 5.38. The Labute approximate surface area is 116 Å². The van der Waals surface area contributed by atoms with Gasteiger partial charge in [-0.3, -0.25) is 0 Å². The first-order chi connectivity index (χ1) is 8.80. The van der Waals surface area contributed by atoms with Crippen molar-refractivity contribution in [1.82, 2.24) is 4.72 Å². The van der Waals surface area contributed by atoms with Crippen molar-refractivity contribution in [3.05, 3.63) is 24.3 Å². The molecule has 1 rings (SSSR count). The monoisotopic (exact) mass is 284 g/mol. The smallest absolute Gasteiger partial charge is 0.241 e. The van der Waals surface area contributed by atoms with Gasteiger partial charge in [0.05, 0.1) is 4.90 Å². The van der Waals surface area contributed by atoms with E-state index >= 15 is 0 Å². The lowest BCUT2D eigenvalue weighted by molar-refractivity contribution is 0.418. The Hall–Kier alpha value is -1.07. The SMILES string of the molecule is CCCC(C)(C)NS(=O)(=O)c1ccc(NCC)cc1. The predicted octanol–water partition coefficient (Wildman–Crippen LogP) is 2.98. The van der Waals surface area contributed by atoms with Crippen LogP contribution in [0.15, 0.2) is 29.2 Å². The largest absolute Gasteiger partial charge is 0.385 e. The van der Waals surface area contributed by atoms with Crippen LogP contribution >= 0.6 is 0 Å².